The first-order chi connectivity index (χ1) is 15.3. The van der Waals surface area contributed by atoms with Crippen molar-refractivity contribution in [2.75, 3.05) is 25.6 Å². The van der Waals surface area contributed by atoms with Gasteiger partial charge in [0.2, 0.25) is 5.13 Å². The number of pyridine rings is 2. The van der Waals surface area contributed by atoms with Crippen molar-refractivity contribution in [3.63, 3.8) is 0 Å². The molecule has 1 amide bonds. The van der Waals surface area contributed by atoms with E-state index in [4.69, 9.17) is 25.8 Å². The van der Waals surface area contributed by atoms with Crippen molar-refractivity contribution in [2.24, 2.45) is 0 Å². The van der Waals surface area contributed by atoms with E-state index in [-0.39, 0.29) is 27.6 Å². The Hall–Kier alpha value is -2.96. The number of halogens is 3. The van der Waals surface area contributed by atoms with Gasteiger partial charge in [-0.2, -0.15) is 8.78 Å². The second kappa shape index (κ2) is 8.88. The predicted molar refractivity (Wildman–Crippen MR) is 112 cm³/mol. The largest absolute Gasteiger partial charge is 0.494 e. The molecule has 0 unspecified atom stereocenters. The van der Waals surface area contributed by atoms with Crippen molar-refractivity contribution in [3.8, 4) is 22.1 Å². The molecule has 1 fully saturated rings. The Morgan fingerprint density at radius 2 is 2.09 bits per heavy atom. The summed E-state index contributed by atoms with van der Waals surface area (Å²) in [7, 11) is 1.48. The maximum atomic E-state index is 13.7. The third kappa shape index (κ3) is 4.61. The molecule has 1 aliphatic heterocycles. The molecule has 0 aliphatic carbocycles. The Morgan fingerprint density at radius 1 is 1.28 bits per heavy atom. The van der Waals surface area contributed by atoms with Gasteiger partial charge in [0.25, 0.3) is 11.1 Å². The molecule has 32 heavy (non-hydrogen) atoms. The van der Waals surface area contributed by atoms with E-state index in [0.29, 0.717) is 22.6 Å². The third-order valence-electron chi connectivity index (χ3n) is 4.53. The lowest BCUT2D eigenvalue weighted by Gasteiger charge is -2.15. The molecule has 0 aromatic carbocycles. The number of methoxy groups -OCH3 is 1. The van der Waals surface area contributed by atoms with Crippen LogP contribution in [0, 0.1) is 6.92 Å². The first-order valence-electron chi connectivity index (χ1n) is 9.20. The van der Waals surface area contributed by atoms with Crippen LogP contribution in [0.4, 0.5) is 13.9 Å². The van der Waals surface area contributed by atoms with Gasteiger partial charge in [-0.1, -0.05) is 16.7 Å². The summed E-state index contributed by atoms with van der Waals surface area (Å²) >= 11 is 6.86. The first-order valence-corrected chi connectivity index (χ1v) is 10.4. The molecular weight excluding hydrogens is 468 g/mol. The SMILES string of the molecule is COc1cnc(Cl)cc1-c1cc(C)ncc1C(=O)Nc1nnc(O[C@H]2COCC2(F)F)s1. The number of nitrogens with zero attached hydrogens (tertiary/aromatic N) is 4. The van der Waals surface area contributed by atoms with Crippen molar-refractivity contribution in [1.29, 1.82) is 0 Å². The fourth-order valence-corrected chi connectivity index (χ4v) is 3.78. The summed E-state index contributed by atoms with van der Waals surface area (Å²) in [5.74, 6) is -3.25. The molecule has 13 heteroatoms. The average molecular weight is 484 g/mol. The quantitative estimate of drug-likeness (QED) is 0.529. The molecule has 3 aromatic rings. The van der Waals surface area contributed by atoms with Crippen molar-refractivity contribution in [1.82, 2.24) is 20.2 Å². The van der Waals surface area contributed by atoms with E-state index in [9.17, 15) is 13.6 Å². The van der Waals surface area contributed by atoms with Gasteiger partial charge in [0.15, 0.2) is 6.10 Å². The van der Waals surface area contributed by atoms with Crippen LogP contribution in [-0.2, 0) is 4.74 Å². The molecular formula is C19H16ClF2N5O4S. The van der Waals surface area contributed by atoms with Gasteiger partial charge in [-0.25, -0.2) is 4.98 Å². The van der Waals surface area contributed by atoms with Crippen LogP contribution in [0.1, 0.15) is 16.1 Å². The summed E-state index contributed by atoms with van der Waals surface area (Å²) < 4.78 is 42.6. The summed E-state index contributed by atoms with van der Waals surface area (Å²) in [4.78, 5) is 21.2. The molecule has 0 saturated carbocycles. The maximum Gasteiger partial charge on any atom is 0.309 e. The summed E-state index contributed by atoms with van der Waals surface area (Å²) in [5, 5.41) is 10.3. The van der Waals surface area contributed by atoms with Gasteiger partial charge in [0, 0.05) is 23.0 Å². The highest BCUT2D eigenvalue weighted by atomic mass is 35.5. The molecule has 0 radical (unpaired) electrons. The van der Waals surface area contributed by atoms with Crippen LogP contribution >= 0.6 is 22.9 Å². The molecule has 0 bridgehead atoms. The molecule has 4 heterocycles. The number of nitrogens with one attached hydrogen (secondary N) is 1. The van der Waals surface area contributed by atoms with Crippen molar-refractivity contribution < 1.29 is 27.8 Å². The highest BCUT2D eigenvalue weighted by Gasteiger charge is 2.47. The fraction of sp³-hybridized carbons (Fsp3) is 0.316. The van der Waals surface area contributed by atoms with E-state index >= 15 is 0 Å². The minimum Gasteiger partial charge on any atom is -0.494 e. The van der Waals surface area contributed by atoms with Crippen LogP contribution in [0.3, 0.4) is 0 Å². The van der Waals surface area contributed by atoms with E-state index < -0.39 is 24.5 Å². The smallest absolute Gasteiger partial charge is 0.309 e. The Bertz CT molecular complexity index is 1160. The Labute approximate surface area is 189 Å². The van der Waals surface area contributed by atoms with Crippen molar-refractivity contribution in [2.45, 2.75) is 19.0 Å². The lowest BCUT2D eigenvalue weighted by atomic mass is 10.0. The van der Waals surface area contributed by atoms with E-state index in [2.05, 4.69) is 25.5 Å². The number of hydrogen-bond donors (Lipinski definition) is 1. The molecule has 0 spiro atoms. The number of hydrogen-bond acceptors (Lipinski definition) is 9. The first kappa shape index (κ1) is 22.2. The number of aryl methyl sites for hydroxylation is 1. The molecule has 9 nitrogen and oxygen atoms in total. The Morgan fingerprint density at radius 3 is 2.81 bits per heavy atom. The van der Waals surface area contributed by atoms with Crippen LogP contribution in [0.5, 0.6) is 10.9 Å². The molecule has 3 aromatic heterocycles. The minimum absolute atomic E-state index is 0.0680. The summed E-state index contributed by atoms with van der Waals surface area (Å²) in [5.41, 5.74) is 1.94. The topological polar surface area (TPSA) is 108 Å². The zero-order valence-electron chi connectivity index (χ0n) is 16.8. The van der Waals surface area contributed by atoms with Gasteiger partial charge < -0.3 is 14.2 Å². The Kier molecular flexibility index (Phi) is 6.17. The third-order valence-corrected chi connectivity index (χ3v) is 5.47. The van der Waals surface area contributed by atoms with Gasteiger partial charge >= 0.3 is 5.92 Å². The second-order valence-electron chi connectivity index (χ2n) is 6.79. The van der Waals surface area contributed by atoms with Crippen LogP contribution in [0.15, 0.2) is 24.5 Å². The van der Waals surface area contributed by atoms with Gasteiger partial charge in [0.05, 0.1) is 25.5 Å². The fourth-order valence-electron chi connectivity index (χ4n) is 2.99. The number of carbonyl (C=O) groups is 1. The summed E-state index contributed by atoms with van der Waals surface area (Å²) in [6.45, 7) is 0.798. The van der Waals surface area contributed by atoms with E-state index in [1.54, 1.807) is 19.1 Å². The summed E-state index contributed by atoms with van der Waals surface area (Å²) in [6, 6.07) is 3.28. The molecule has 1 aliphatic rings. The van der Waals surface area contributed by atoms with Crippen LogP contribution in [0.2, 0.25) is 5.15 Å². The number of rotatable bonds is 6. The lowest BCUT2D eigenvalue weighted by Crippen LogP contribution is -2.36. The Balaban J connectivity index is 1.58. The highest BCUT2D eigenvalue weighted by molar-refractivity contribution is 7.17. The predicted octanol–water partition coefficient (Wildman–Crippen LogP) is 3.63. The number of alkyl halides is 2. The van der Waals surface area contributed by atoms with Crippen molar-refractivity contribution >= 4 is 34.0 Å². The van der Waals surface area contributed by atoms with Gasteiger partial charge in [0.1, 0.15) is 17.5 Å². The van der Waals surface area contributed by atoms with Crippen LogP contribution < -0.4 is 14.8 Å². The standard InChI is InChI=1S/C19H16ClF2N5O4S/c1-9-3-10(11-4-15(20)24-6-13(11)29-2)12(5-23-9)16(28)25-17-26-27-18(32-17)31-14-7-30-8-19(14,21)22/h3-6,14H,7-8H2,1-2H3,(H,25,26,28)/t14-/m0/s1. The van der Waals surface area contributed by atoms with Gasteiger partial charge in [-0.3, -0.25) is 15.1 Å². The molecule has 1 saturated heterocycles. The summed E-state index contributed by atoms with van der Waals surface area (Å²) in [6.07, 6.45) is 1.39. The second-order valence-corrected chi connectivity index (χ2v) is 8.12. The van der Waals surface area contributed by atoms with Gasteiger partial charge in [-0.15, -0.1) is 5.10 Å². The number of ether oxygens (including phenoxy) is 3. The monoisotopic (exact) mass is 483 g/mol. The molecule has 168 valence electrons. The average Bonchev–Trinajstić information content (AvgIpc) is 3.33. The molecule has 1 atom stereocenters. The number of anilines is 1. The lowest BCUT2D eigenvalue weighted by molar-refractivity contribution is -0.0660. The van der Waals surface area contributed by atoms with Gasteiger partial charge in [-0.05, 0) is 30.4 Å². The molecule has 1 N–H and O–H groups in total. The van der Waals surface area contributed by atoms with Crippen LogP contribution in [-0.4, -0.2) is 58.4 Å². The zero-order chi connectivity index (χ0) is 22.9. The maximum absolute atomic E-state index is 13.7. The molecule has 4 rings (SSSR count). The van der Waals surface area contributed by atoms with Crippen molar-refractivity contribution in [3.05, 3.63) is 40.9 Å². The minimum atomic E-state index is -3.12. The highest BCUT2D eigenvalue weighted by Crippen LogP contribution is 2.35. The zero-order valence-corrected chi connectivity index (χ0v) is 18.3. The van der Waals surface area contributed by atoms with E-state index in [0.717, 1.165) is 11.3 Å². The van der Waals surface area contributed by atoms with Crippen LogP contribution in [0.25, 0.3) is 11.1 Å². The van der Waals surface area contributed by atoms with E-state index in [1.807, 2.05) is 0 Å². The number of carbonyl (C=O) groups excluding carboxylic acids is 1. The van der Waals surface area contributed by atoms with E-state index in [1.165, 1.54) is 19.5 Å². The number of amides is 1. The normalized spacial score (nSPS) is 17.2. The number of aromatic nitrogens is 4.